The van der Waals surface area contributed by atoms with Crippen LogP contribution < -0.4 is 5.32 Å². The molecule has 0 unspecified atom stereocenters. The minimum absolute atomic E-state index is 0.557. The van der Waals surface area contributed by atoms with E-state index < -0.39 is 0 Å². The minimum atomic E-state index is 0.557. The predicted molar refractivity (Wildman–Crippen MR) is 188 cm³/mol. The number of nitrogens with zero attached hydrogens (tertiary/aromatic N) is 5. The van der Waals surface area contributed by atoms with Gasteiger partial charge in [0.05, 0.1) is 22.3 Å². The van der Waals surface area contributed by atoms with E-state index in [2.05, 4.69) is 53.9 Å². The molecule has 0 amide bonds. The maximum Gasteiger partial charge on any atom is 0.166 e. The van der Waals surface area contributed by atoms with E-state index >= 15 is 0 Å². The number of fused-ring (bicyclic) bond motifs is 2. The van der Waals surface area contributed by atoms with Crippen LogP contribution in [-0.2, 0) is 0 Å². The van der Waals surface area contributed by atoms with Crippen molar-refractivity contribution in [1.82, 2.24) is 24.9 Å². The fourth-order valence-electron chi connectivity index (χ4n) is 5.77. The summed E-state index contributed by atoms with van der Waals surface area (Å²) in [6, 6.07) is 38.7. The Hall–Kier alpha value is -5.66. The summed E-state index contributed by atoms with van der Waals surface area (Å²) < 4.78 is 0. The third kappa shape index (κ3) is 5.42. The first-order chi connectivity index (χ1) is 22.8. The van der Waals surface area contributed by atoms with Gasteiger partial charge >= 0.3 is 0 Å². The molecule has 46 heavy (non-hydrogen) atoms. The Labute approximate surface area is 271 Å². The van der Waals surface area contributed by atoms with E-state index in [0.29, 0.717) is 17.5 Å². The molecular formula is C39H28N6S. The zero-order valence-electron chi connectivity index (χ0n) is 24.8. The monoisotopic (exact) mass is 612 g/mol. The lowest BCUT2D eigenvalue weighted by Crippen LogP contribution is -2.07. The number of aromatic nitrogens is 5. The Bertz CT molecular complexity index is 2140. The summed E-state index contributed by atoms with van der Waals surface area (Å²) in [7, 11) is 0. The van der Waals surface area contributed by atoms with Crippen molar-refractivity contribution in [2.24, 2.45) is 0 Å². The normalized spacial score (nSPS) is 13.0. The van der Waals surface area contributed by atoms with Crippen LogP contribution in [0.4, 0.5) is 5.69 Å². The van der Waals surface area contributed by atoms with E-state index in [9.17, 15) is 0 Å². The van der Waals surface area contributed by atoms with Crippen LogP contribution in [0.5, 0.6) is 0 Å². The van der Waals surface area contributed by atoms with Gasteiger partial charge in [-0.1, -0.05) is 109 Å². The highest BCUT2D eigenvalue weighted by molar-refractivity contribution is 8.03. The van der Waals surface area contributed by atoms with Crippen LogP contribution >= 0.6 is 11.8 Å². The molecule has 3 heterocycles. The highest BCUT2D eigenvalue weighted by atomic mass is 32.2. The van der Waals surface area contributed by atoms with E-state index in [4.69, 9.17) is 24.9 Å². The van der Waals surface area contributed by atoms with Crippen molar-refractivity contribution in [1.29, 1.82) is 0 Å². The average Bonchev–Trinajstić information content (AvgIpc) is 3.13. The molecule has 1 aliphatic carbocycles. The number of benzene rings is 4. The largest absolute Gasteiger partial charge is 0.356 e. The summed E-state index contributed by atoms with van der Waals surface area (Å²) in [4.78, 5) is 27.3. The number of hydrogen-bond donors (Lipinski definition) is 1. The third-order valence-electron chi connectivity index (χ3n) is 7.93. The van der Waals surface area contributed by atoms with Crippen LogP contribution in [0.25, 0.3) is 56.0 Å². The van der Waals surface area contributed by atoms with Gasteiger partial charge in [0, 0.05) is 49.8 Å². The molecule has 6 nitrogen and oxygen atoms in total. The number of nitrogens with one attached hydrogen (secondary N) is 1. The lowest BCUT2D eigenvalue weighted by molar-refractivity contribution is 0.963. The Morgan fingerprint density at radius 1 is 0.565 bits per heavy atom. The standard InChI is InChI=1S/C39H28N6S/c1-4-14-26(15-5-1)37-43-38(27-16-6-2-7-17-27)45-39(44-37)33-29-20-12-25-41-35(29)36(30-21-13-24-40-34(30)33)42-31-22-10-11-23-32(31)46-28-18-8-3-9-19-28/h1-9,11-21,23-25,42H,10,22H2. The van der Waals surface area contributed by atoms with Crippen molar-refractivity contribution in [2.45, 2.75) is 17.7 Å². The number of thioether (sulfide) groups is 1. The maximum absolute atomic E-state index is 5.07. The molecule has 0 aliphatic heterocycles. The molecule has 0 bridgehead atoms. The van der Waals surface area contributed by atoms with Crippen molar-refractivity contribution in [3.05, 3.63) is 150 Å². The van der Waals surface area contributed by atoms with E-state index in [1.165, 1.54) is 15.5 Å². The van der Waals surface area contributed by atoms with Gasteiger partial charge in [-0.05, 0) is 43.2 Å². The molecule has 4 aromatic carbocycles. The predicted octanol–water partition coefficient (Wildman–Crippen LogP) is 9.73. The van der Waals surface area contributed by atoms with Gasteiger partial charge < -0.3 is 5.32 Å². The Kier molecular flexibility index (Phi) is 7.50. The van der Waals surface area contributed by atoms with E-state index in [0.717, 1.165) is 57.0 Å². The topological polar surface area (TPSA) is 76.5 Å². The third-order valence-corrected chi connectivity index (χ3v) is 9.04. The second kappa shape index (κ2) is 12.4. The summed E-state index contributed by atoms with van der Waals surface area (Å²) >= 11 is 1.77. The SMILES string of the molecule is C1=CC(Sc2ccccc2)=C(Nc2c3cccnc3c(-c3nc(-c4ccccc4)nc(-c4ccccc4)n3)c3cccnc23)CC1. The number of rotatable bonds is 7. The molecule has 1 N–H and O–H groups in total. The molecule has 0 saturated heterocycles. The van der Waals surface area contributed by atoms with Gasteiger partial charge in [-0.2, -0.15) is 0 Å². The van der Waals surface area contributed by atoms with Gasteiger partial charge in [0.25, 0.3) is 0 Å². The minimum Gasteiger partial charge on any atom is -0.356 e. The fraction of sp³-hybridized carbons (Fsp3) is 0.0513. The van der Waals surface area contributed by atoms with E-state index in [1.54, 1.807) is 11.8 Å². The van der Waals surface area contributed by atoms with Crippen LogP contribution in [0.3, 0.4) is 0 Å². The van der Waals surface area contributed by atoms with E-state index in [1.807, 2.05) is 91.3 Å². The lowest BCUT2D eigenvalue weighted by Gasteiger charge is -2.21. The number of pyridine rings is 2. The second-order valence-corrected chi connectivity index (χ2v) is 12.0. The lowest BCUT2D eigenvalue weighted by atomic mass is 9.99. The van der Waals surface area contributed by atoms with Gasteiger partial charge in [-0.3, -0.25) is 9.97 Å². The molecular weight excluding hydrogens is 585 g/mol. The zero-order valence-corrected chi connectivity index (χ0v) is 25.7. The van der Waals surface area contributed by atoms with Crippen LogP contribution in [-0.4, -0.2) is 24.9 Å². The number of anilines is 1. The Morgan fingerprint density at radius 2 is 1.15 bits per heavy atom. The summed E-state index contributed by atoms with van der Waals surface area (Å²) in [5.41, 5.74) is 6.41. The molecule has 0 radical (unpaired) electrons. The van der Waals surface area contributed by atoms with Gasteiger partial charge in [0.2, 0.25) is 0 Å². The smallest absolute Gasteiger partial charge is 0.166 e. The van der Waals surface area contributed by atoms with Crippen molar-refractivity contribution in [3.8, 4) is 34.2 Å². The highest BCUT2D eigenvalue weighted by Crippen LogP contribution is 2.42. The molecule has 7 aromatic rings. The average molecular weight is 613 g/mol. The van der Waals surface area contributed by atoms with Gasteiger partial charge in [0.15, 0.2) is 17.5 Å². The van der Waals surface area contributed by atoms with Crippen LogP contribution in [0.2, 0.25) is 0 Å². The van der Waals surface area contributed by atoms with Crippen LogP contribution in [0.15, 0.2) is 155 Å². The van der Waals surface area contributed by atoms with Crippen molar-refractivity contribution >= 4 is 39.3 Å². The summed E-state index contributed by atoms with van der Waals surface area (Å²) in [6.45, 7) is 0. The number of hydrogen-bond acceptors (Lipinski definition) is 7. The summed E-state index contributed by atoms with van der Waals surface area (Å²) in [5, 5.41) is 5.72. The second-order valence-electron chi connectivity index (χ2n) is 10.9. The van der Waals surface area contributed by atoms with Crippen molar-refractivity contribution < 1.29 is 0 Å². The molecule has 0 spiro atoms. The quantitative estimate of drug-likeness (QED) is 0.180. The Morgan fingerprint density at radius 3 is 1.83 bits per heavy atom. The molecule has 8 rings (SSSR count). The molecule has 7 heteroatoms. The van der Waals surface area contributed by atoms with Gasteiger partial charge in [0.1, 0.15) is 0 Å². The maximum atomic E-state index is 5.07. The van der Waals surface area contributed by atoms with Gasteiger partial charge in [-0.15, -0.1) is 0 Å². The summed E-state index contributed by atoms with van der Waals surface area (Å²) in [5.74, 6) is 1.77. The van der Waals surface area contributed by atoms with Crippen LogP contribution in [0, 0.1) is 0 Å². The summed E-state index contributed by atoms with van der Waals surface area (Å²) in [6.07, 6.45) is 10.00. The molecule has 0 fully saturated rings. The first-order valence-electron chi connectivity index (χ1n) is 15.2. The zero-order chi connectivity index (χ0) is 30.7. The van der Waals surface area contributed by atoms with Crippen LogP contribution in [0.1, 0.15) is 12.8 Å². The highest BCUT2D eigenvalue weighted by Gasteiger charge is 2.22. The molecule has 3 aromatic heterocycles. The van der Waals surface area contributed by atoms with Crippen molar-refractivity contribution in [3.63, 3.8) is 0 Å². The van der Waals surface area contributed by atoms with Gasteiger partial charge in [-0.25, -0.2) is 15.0 Å². The van der Waals surface area contributed by atoms with Crippen molar-refractivity contribution in [2.75, 3.05) is 5.32 Å². The fourth-order valence-corrected chi connectivity index (χ4v) is 6.76. The van der Waals surface area contributed by atoms with E-state index in [-0.39, 0.29) is 0 Å². The molecule has 0 saturated carbocycles. The number of allylic oxidation sites excluding steroid dienone is 3. The molecule has 220 valence electrons. The Balaban J connectivity index is 1.35. The first-order valence-corrected chi connectivity index (χ1v) is 16.1. The molecule has 1 aliphatic rings. The molecule has 0 atom stereocenters. The first kappa shape index (κ1) is 27.9.